The summed E-state index contributed by atoms with van der Waals surface area (Å²) in [5.74, 6) is -1.48. The van der Waals surface area contributed by atoms with Gasteiger partial charge in [-0.05, 0) is 42.3 Å². The highest BCUT2D eigenvalue weighted by atomic mass is 32.1. The number of ether oxygens (including phenoxy) is 1. The number of hydrogen-bond acceptors (Lipinski definition) is 5. The maximum atomic E-state index is 12.0. The maximum Gasteiger partial charge on any atom is 0.325 e. The van der Waals surface area contributed by atoms with E-state index in [1.165, 1.54) is 11.3 Å². The van der Waals surface area contributed by atoms with Crippen LogP contribution in [0, 0.1) is 6.92 Å². The second kappa shape index (κ2) is 9.66. The van der Waals surface area contributed by atoms with E-state index >= 15 is 0 Å². The molecule has 0 unspecified atom stereocenters. The third-order valence-corrected chi connectivity index (χ3v) is 5.00. The zero-order valence-electron chi connectivity index (χ0n) is 15.8. The first-order valence-electron chi connectivity index (χ1n) is 8.97. The average molecular weight is 408 g/mol. The van der Waals surface area contributed by atoms with E-state index in [-0.39, 0.29) is 12.5 Å². The summed E-state index contributed by atoms with van der Waals surface area (Å²) in [5.41, 5.74) is 2.72. The van der Waals surface area contributed by atoms with Crippen molar-refractivity contribution in [2.75, 3.05) is 18.5 Å². The Labute approximate surface area is 172 Å². The maximum absolute atomic E-state index is 12.0. The molecule has 0 radical (unpaired) electrons. The Morgan fingerprint density at radius 1 is 0.897 bits per heavy atom. The van der Waals surface area contributed by atoms with Gasteiger partial charge in [0.1, 0.15) is 6.54 Å². The van der Waals surface area contributed by atoms with Gasteiger partial charge in [-0.3, -0.25) is 14.4 Å². The van der Waals surface area contributed by atoms with Gasteiger partial charge in [0.15, 0.2) is 6.61 Å². The molecule has 6 nitrogen and oxygen atoms in total. The van der Waals surface area contributed by atoms with Gasteiger partial charge in [-0.1, -0.05) is 42.5 Å². The lowest BCUT2D eigenvalue weighted by molar-refractivity contribution is -0.146. The van der Waals surface area contributed by atoms with Gasteiger partial charge in [0.25, 0.3) is 11.8 Å². The Morgan fingerprint density at radius 3 is 2.24 bits per heavy atom. The van der Waals surface area contributed by atoms with Crippen molar-refractivity contribution in [1.29, 1.82) is 0 Å². The van der Waals surface area contributed by atoms with E-state index in [0.717, 1.165) is 16.0 Å². The van der Waals surface area contributed by atoms with Crippen molar-refractivity contribution in [3.63, 3.8) is 0 Å². The summed E-state index contributed by atoms with van der Waals surface area (Å²) >= 11 is 1.34. The van der Waals surface area contributed by atoms with Crippen LogP contribution < -0.4 is 10.6 Å². The number of anilines is 1. The van der Waals surface area contributed by atoms with E-state index in [1.807, 2.05) is 55.5 Å². The van der Waals surface area contributed by atoms with Gasteiger partial charge in [0, 0.05) is 10.6 Å². The first-order chi connectivity index (χ1) is 14.0. The second-order valence-electron chi connectivity index (χ2n) is 6.25. The molecule has 0 aliphatic rings. The Bertz CT molecular complexity index is 997. The molecule has 0 bridgehead atoms. The Kier molecular flexibility index (Phi) is 6.76. The van der Waals surface area contributed by atoms with E-state index in [1.54, 1.807) is 18.2 Å². The van der Waals surface area contributed by atoms with Gasteiger partial charge < -0.3 is 15.4 Å². The molecule has 0 saturated heterocycles. The molecular formula is C22H20N2O4S. The number of carbonyl (C=O) groups excluding carboxylic acids is 3. The largest absolute Gasteiger partial charge is 0.454 e. The fourth-order valence-corrected chi connectivity index (χ4v) is 3.35. The van der Waals surface area contributed by atoms with Crippen LogP contribution in [-0.2, 0) is 14.3 Å². The molecule has 0 aliphatic carbocycles. The highest BCUT2D eigenvalue weighted by Crippen LogP contribution is 2.21. The number of nitrogens with one attached hydrogen (secondary N) is 2. The van der Waals surface area contributed by atoms with Crippen LogP contribution in [-0.4, -0.2) is 30.9 Å². The molecule has 0 spiro atoms. The molecule has 0 saturated carbocycles. The molecule has 7 heteroatoms. The van der Waals surface area contributed by atoms with Crippen LogP contribution in [0.15, 0.2) is 66.7 Å². The van der Waals surface area contributed by atoms with E-state index in [0.29, 0.717) is 10.6 Å². The van der Waals surface area contributed by atoms with Gasteiger partial charge in [-0.25, -0.2) is 0 Å². The van der Waals surface area contributed by atoms with Crippen molar-refractivity contribution in [1.82, 2.24) is 5.32 Å². The summed E-state index contributed by atoms with van der Waals surface area (Å²) in [6.45, 7) is 1.17. The van der Waals surface area contributed by atoms with Crippen LogP contribution >= 0.6 is 11.3 Å². The monoisotopic (exact) mass is 408 g/mol. The van der Waals surface area contributed by atoms with E-state index in [9.17, 15) is 14.4 Å². The van der Waals surface area contributed by atoms with Crippen LogP contribution in [0.3, 0.4) is 0 Å². The SMILES string of the molecule is Cc1ccc(C(=O)NCC(=O)OCC(=O)Nc2ccc(-c3ccccc3)cc2)s1. The van der Waals surface area contributed by atoms with Crippen LogP contribution in [0.2, 0.25) is 0 Å². The van der Waals surface area contributed by atoms with Crippen molar-refractivity contribution in [3.8, 4) is 11.1 Å². The first kappa shape index (κ1) is 20.3. The predicted molar refractivity (Wildman–Crippen MR) is 113 cm³/mol. The molecule has 3 rings (SSSR count). The van der Waals surface area contributed by atoms with Gasteiger partial charge in [-0.15, -0.1) is 11.3 Å². The predicted octanol–water partition coefficient (Wildman–Crippen LogP) is 3.64. The number of benzene rings is 2. The number of carbonyl (C=O) groups is 3. The third kappa shape index (κ3) is 6.02. The molecule has 1 heterocycles. The minimum atomic E-state index is -0.679. The normalized spacial score (nSPS) is 10.2. The van der Waals surface area contributed by atoms with Crippen molar-refractivity contribution in [3.05, 3.63) is 76.5 Å². The summed E-state index contributed by atoms with van der Waals surface area (Å²) in [6, 6.07) is 20.8. The number of hydrogen-bond donors (Lipinski definition) is 2. The smallest absolute Gasteiger partial charge is 0.325 e. The quantitative estimate of drug-likeness (QED) is 0.585. The third-order valence-electron chi connectivity index (χ3n) is 4.00. The standard InChI is InChI=1S/C22H20N2O4S/c1-15-7-12-19(29-15)22(27)23-13-21(26)28-14-20(25)24-18-10-8-17(9-11-18)16-5-3-2-4-6-16/h2-12H,13-14H2,1H3,(H,23,27)(H,24,25). The Balaban J connectivity index is 1.41. The molecule has 148 valence electrons. The van der Waals surface area contributed by atoms with Crippen LogP contribution in [0.4, 0.5) is 5.69 Å². The zero-order chi connectivity index (χ0) is 20.6. The summed E-state index contributed by atoms with van der Waals surface area (Å²) in [4.78, 5) is 37.1. The topological polar surface area (TPSA) is 84.5 Å². The molecule has 0 atom stereocenters. The second-order valence-corrected chi connectivity index (χ2v) is 7.53. The van der Waals surface area contributed by atoms with E-state index in [2.05, 4.69) is 10.6 Å². The summed E-state index contributed by atoms with van der Waals surface area (Å²) in [6.07, 6.45) is 0. The highest BCUT2D eigenvalue weighted by molar-refractivity contribution is 7.13. The number of amides is 2. The molecule has 3 aromatic rings. The zero-order valence-corrected chi connectivity index (χ0v) is 16.6. The number of thiophene rings is 1. The van der Waals surface area contributed by atoms with Crippen molar-refractivity contribution < 1.29 is 19.1 Å². The molecular weight excluding hydrogens is 388 g/mol. The minimum Gasteiger partial charge on any atom is -0.454 e. The summed E-state index contributed by atoms with van der Waals surface area (Å²) < 4.78 is 4.90. The molecule has 29 heavy (non-hydrogen) atoms. The molecule has 0 fully saturated rings. The highest BCUT2D eigenvalue weighted by Gasteiger charge is 2.12. The fraction of sp³-hybridized carbons (Fsp3) is 0.136. The van der Waals surface area contributed by atoms with E-state index < -0.39 is 18.5 Å². The van der Waals surface area contributed by atoms with Crippen LogP contribution in [0.25, 0.3) is 11.1 Å². The summed E-state index contributed by atoms with van der Waals surface area (Å²) in [7, 11) is 0. The molecule has 2 N–H and O–H groups in total. The van der Waals surface area contributed by atoms with Gasteiger partial charge in [0.2, 0.25) is 0 Å². The average Bonchev–Trinajstić information content (AvgIpc) is 3.18. The lowest BCUT2D eigenvalue weighted by Gasteiger charge is -2.08. The molecule has 1 aromatic heterocycles. The lowest BCUT2D eigenvalue weighted by atomic mass is 10.1. The first-order valence-corrected chi connectivity index (χ1v) is 9.78. The molecule has 2 aromatic carbocycles. The Hall–Kier alpha value is -3.45. The molecule has 0 aliphatic heterocycles. The van der Waals surface area contributed by atoms with Crippen molar-refractivity contribution in [2.45, 2.75) is 6.92 Å². The number of esters is 1. The van der Waals surface area contributed by atoms with Crippen molar-refractivity contribution >= 4 is 34.8 Å². The van der Waals surface area contributed by atoms with Crippen LogP contribution in [0.5, 0.6) is 0 Å². The lowest BCUT2D eigenvalue weighted by Crippen LogP contribution is -2.31. The molecule has 2 amide bonds. The number of rotatable bonds is 7. The van der Waals surface area contributed by atoms with Gasteiger partial charge in [0.05, 0.1) is 4.88 Å². The van der Waals surface area contributed by atoms with Crippen LogP contribution in [0.1, 0.15) is 14.5 Å². The fourth-order valence-electron chi connectivity index (χ4n) is 2.57. The Morgan fingerprint density at radius 2 is 1.59 bits per heavy atom. The summed E-state index contributed by atoms with van der Waals surface area (Å²) in [5, 5.41) is 5.14. The van der Waals surface area contributed by atoms with Crippen molar-refractivity contribution in [2.24, 2.45) is 0 Å². The van der Waals surface area contributed by atoms with Gasteiger partial charge >= 0.3 is 5.97 Å². The number of aryl methyl sites for hydroxylation is 1. The van der Waals surface area contributed by atoms with E-state index in [4.69, 9.17) is 4.74 Å². The minimum absolute atomic E-state index is 0.297. The van der Waals surface area contributed by atoms with Gasteiger partial charge in [-0.2, -0.15) is 0 Å².